The molecular weight excluding hydrogens is 256 g/mol. The number of fused-ring (bicyclic) bond motifs is 1. The summed E-state index contributed by atoms with van der Waals surface area (Å²) in [7, 11) is 0. The molecular formula is C11H14N2O4S. The highest BCUT2D eigenvalue weighted by atomic mass is 32.2. The second-order valence-corrected chi connectivity index (χ2v) is 4.97. The molecule has 1 aromatic heterocycles. The Kier molecular flexibility index (Phi) is 3.38. The summed E-state index contributed by atoms with van der Waals surface area (Å²) < 4.78 is 16.7. The molecule has 0 radical (unpaired) electrons. The lowest BCUT2D eigenvalue weighted by atomic mass is 10.1. The molecule has 0 bridgehead atoms. The van der Waals surface area contributed by atoms with Crippen LogP contribution in [0.4, 0.5) is 0 Å². The number of hydrogen-bond donors (Lipinski definition) is 1. The average Bonchev–Trinajstić information content (AvgIpc) is 2.95. The quantitative estimate of drug-likeness (QED) is 0.617. The molecule has 4 atom stereocenters. The summed E-state index contributed by atoms with van der Waals surface area (Å²) in [5, 5.41) is 10.3. The maximum atomic E-state index is 9.63. The Morgan fingerprint density at radius 2 is 2.22 bits per heavy atom. The van der Waals surface area contributed by atoms with Crippen LogP contribution in [0.1, 0.15) is 0 Å². The van der Waals surface area contributed by atoms with Crippen molar-refractivity contribution in [2.75, 3.05) is 19.5 Å². The van der Waals surface area contributed by atoms with Gasteiger partial charge in [-0.05, 0) is 6.26 Å². The molecule has 0 amide bonds. The molecule has 1 N–H and O–H groups in total. The Balaban J connectivity index is 1.69. The second-order valence-electron chi connectivity index (χ2n) is 4.20. The van der Waals surface area contributed by atoms with E-state index in [0.717, 1.165) is 0 Å². The summed E-state index contributed by atoms with van der Waals surface area (Å²) in [6.07, 6.45) is 2.29. The van der Waals surface area contributed by atoms with Gasteiger partial charge in [0.1, 0.15) is 18.3 Å². The zero-order valence-electron chi connectivity index (χ0n) is 9.85. The van der Waals surface area contributed by atoms with Gasteiger partial charge in [-0.25, -0.2) is 4.98 Å². The lowest BCUT2D eigenvalue weighted by Crippen LogP contribution is -2.34. The van der Waals surface area contributed by atoms with Crippen LogP contribution in [-0.4, -0.2) is 59.0 Å². The van der Waals surface area contributed by atoms with Gasteiger partial charge in [0.25, 0.3) is 0 Å². The fourth-order valence-electron chi connectivity index (χ4n) is 2.19. The predicted octanol–water partition coefficient (Wildman–Crippen LogP) is 0.104. The average molecular weight is 270 g/mol. The molecule has 18 heavy (non-hydrogen) atoms. The zero-order valence-corrected chi connectivity index (χ0v) is 10.7. The number of hydrogen-bond acceptors (Lipinski definition) is 7. The number of thioether (sulfide) groups is 1. The molecule has 6 nitrogen and oxygen atoms in total. The smallest absolute Gasteiger partial charge is 0.217 e. The van der Waals surface area contributed by atoms with Crippen molar-refractivity contribution in [2.24, 2.45) is 0 Å². The van der Waals surface area contributed by atoms with Gasteiger partial charge in [0.2, 0.25) is 5.88 Å². The number of ether oxygens (including phenoxy) is 3. The van der Waals surface area contributed by atoms with Crippen molar-refractivity contribution in [1.82, 2.24) is 9.97 Å². The number of aliphatic hydroxyl groups is 1. The van der Waals surface area contributed by atoms with Gasteiger partial charge in [0.05, 0.1) is 13.2 Å². The van der Waals surface area contributed by atoms with Crippen molar-refractivity contribution < 1.29 is 19.3 Å². The second kappa shape index (κ2) is 5.00. The number of rotatable bonds is 3. The van der Waals surface area contributed by atoms with Crippen molar-refractivity contribution in [1.29, 1.82) is 0 Å². The summed E-state index contributed by atoms with van der Waals surface area (Å²) in [5.74, 6) is 0.508. The van der Waals surface area contributed by atoms with Crippen molar-refractivity contribution in [3.05, 3.63) is 12.3 Å². The van der Waals surface area contributed by atoms with Gasteiger partial charge < -0.3 is 19.3 Å². The molecule has 0 aromatic carbocycles. The first-order valence-corrected chi connectivity index (χ1v) is 6.95. The molecule has 1 unspecified atom stereocenters. The third-order valence-corrected chi connectivity index (χ3v) is 3.61. The molecule has 0 aliphatic carbocycles. The molecule has 0 saturated carbocycles. The zero-order chi connectivity index (χ0) is 12.5. The standard InChI is InChI=1S/C11H14N2O4S/c1-18-11-12-3-2-8(13-11)17-7-5-16-9-6(14)4-15-10(7)9/h2-3,6-7,9-10,14H,4-5H2,1H3/t6-,7?,9+,10+/m0/s1. The lowest BCUT2D eigenvalue weighted by Gasteiger charge is -2.17. The van der Waals surface area contributed by atoms with Crippen LogP contribution in [0, 0.1) is 0 Å². The molecule has 2 aliphatic rings. The van der Waals surface area contributed by atoms with E-state index in [-0.39, 0.29) is 18.3 Å². The van der Waals surface area contributed by atoms with E-state index in [1.54, 1.807) is 12.3 Å². The molecule has 2 aliphatic heterocycles. The Hall–Kier alpha value is -0.890. The molecule has 0 spiro atoms. The summed E-state index contributed by atoms with van der Waals surface area (Å²) in [4.78, 5) is 8.32. The summed E-state index contributed by atoms with van der Waals surface area (Å²) in [6, 6.07) is 1.71. The van der Waals surface area contributed by atoms with Crippen LogP contribution in [0.25, 0.3) is 0 Å². The first-order valence-electron chi connectivity index (χ1n) is 5.73. The van der Waals surface area contributed by atoms with Crippen LogP contribution in [0.5, 0.6) is 5.88 Å². The monoisotopic (exact) mass is 270 g/mol. The Morgan fingerprint density at radius 3 is 3.06 bits per heavy atom. The fourth-order valence-corrected chi connectivity index (χ4v) is 2.54. The summed E-state index contributed by atoms with van der Waals surface area (Å²) in [5.41, 5.74) is 0. The van der Waals surface area contributed by atoms with E-state index in [2.05, 4.69) is 9.97 Å². The maximum absolute atomic E-state index is 9.63. The van der Waals surface area contributed by atoms with Gasteiger partial charge in [-0.3, -0.25) is 0 Å². The van der Waals surface area contributed by atoms with Crippen LogP contribution < -0.4 is 4.74 Å². The molecule has 7 heteroatoms. The predicted molar refractivity (Wildman–Crippen MR) is 63.7 cm³/mol. The van der Waals surface area contributed by atoms with E-state index < -0.39 is 6.10 Å². The van der Waals surface area contributed by atoms with Crippen molar-refractivity contribution >= 4 is 11.8 Å². The summed E-state index contributed by atoms with van der Waals surface area (Å²) >= 11 is 1.46. The molecule has 98 valence electrons. The lowest BCUT2D eigenvalue weighted by molar-refractivity contribution is 0.00765. The minimum atomic E-state index is -0.559. The van der Waals surface area contributed by atoms with Crippen molar-refractivity contribution in [3.63, 3.8) is 0 Å². The normalized spacial score (nSPS) is 34.6. The van der Waals surface area contributed by atoms with Crippen LogP contribution >= 0.6 is 11.8 Å². The van der Waals surface area contributed by atoms with Crippen molar-refractivity contribution in [3.8, 4) is 5.88 Å². The van der Waals surface area contributed by atoms with Gasteiger partial charge in [0.15, 0.2) is 11.3 Å². The van der Waals surface area contributed by atoms with Crippen molar-refractivity contribution in [2.45, 2.75) is 29.6 Å². The minimum absolute atomic E-state index is 0.215. The largest absolute Gasteiger partial charge is 0.469 e. The molecule has 2 fully saturated rings. The third-order valence-electron chi connectivity index (χ3n) is 3.04. The van der Waals surface area contributed by atoms with Gasteiger partial charge >= 0.3 is 0 Å². The van der Waals surface area contributed by atoms with Crippen LogP contribution in [-0.2, 0) is 9.47 Å². The van der Waals surface area contributed by atoms with Gasteiger partial charge in [-0.1, -0.05) is 11.8 Å². The number of nitrogens with zero attached hydrogens (tertiary/aromatic N) is 2. The van der Waals surface area contributed by atoms with Gasteiger partial charge in [0, 0.05) is 12.3 Å². The van der Waals surface area contributed by atoms with Crippen LogP contribution in [0.3, 0.4) is 0 Å². The van der Waals surface area contributed by atoms with Gasteiger partial charge in [-0.2, -0.15) is 4.98 Å². The molecule has 3 heterocycles. The molecule has 2 saturated heterocycles. The highest BCUT2D eigenvalue weighted by molar-refractivity contribution is 7.98. The van der Waals surface area contributed by atoms with E-state index in [9.17, 15) is 5.11 Å². The minimum Gasteiger partial charge on any atom is -0.469 e. The molecule has 1 aromatic rings. The van der Waals surface area contributed by atoms with E-state index in [1.165, 1.54) is 11.8 Å². The highest BCUT2D eigenvalue weighted by Crippen LogP contribution is 2.29. The first-order chi connectivity index (χ1) is 8.78. The van der Waals surface area contributed by atoms with E-state index in [0.29, 0.717) is 24.3 Å². The first kappa shape index (κ1) is 12.2. The highest BCUT2D eigenvalue weighted by Gasteiger charge is 2.48. The Labute approximate surface area is 109 Å². The van der Waals surface area contributed by atoms with E-state index >= 15 is 0 Å². The molecule has 3 rings (SSSR count). The van der Waals surface area contributed by atoms with Crippen LogP contribution in [0.15, 0.2) is 17.4 Å². The third kappa shape index (κ3) is 2.18. The van der Waals surface area contributed by atoms with E-state index in [1.807, 2.05) is 6.26 Å². The van der Waals surface area contributed by atoms with Gasteiger partial charge in [-0.15, -0.1) is 0 Å². The van der Waals surface area contributed by atoms with Crippen LogP contribution in [0.2, 0.25) is 0 Å². The topological polar surface area (TPSA) is 73.7 Å². The number of aromatic nitrogens is 2. The number of aliphatic hydroxyl groups excluding tert-OH is 1. The fraction of sp³-hybridized carbons (Fsp3) is 0.636. The SMILES string of the molecule is CSc1nccc(OC2CO[C@H]3[C@@H]2OC[C@@H]3O)n1. The Bertz CT molecular complexity index is 433. The maximum Gasteiger partial charge on any atom is 0.217 e. The Morgan fingerprint density at radius 1 is 1.39 bits per heavy atom. The summed E-state index contributed by atoms with van der Waals surface area (Å²) in [6.45, 7) is 0.708. The van der Waals surface area contributed by atoms with E-state index in [4.69, 9.17) is 14.2 Å².